The Morgan fingerprint density at radius 3 is 2.54 bits per heavy atom. The minimum Gasteiger partial charge on any atom is -0.339 e. The maximum absolute atomic E-state index is 12.7. The van der Waals surface area contributed by atoms with E-state index in [0.717, 1.165) is 44.8 Å². The Labute approximate surface area is 152 Å². The third-order valence-corrected chi connectivity index (χ3v) is 5.36. The Bertz CT molecular complexity index is 572. The van der Waals surface area contributed by atoms with Crippen molar-refractivity contribution in [2.45, 2.75) is 12.6 Å². The van der Waals surface area contributed by atoms with Crippen molar-refractivity contribution in [3.8, 4) is 0 Å². The number of piperazine rings is 2. The van der Waals surface area contributed by atoms with Crippen LogP contribution in [0.25, 0.3) is 0 Å². The fraction of sp³-hybridized carbons (Fsp3) is 0.625. The zero-order chi connectivity index (χ0) is 17.1. The molecule has 0 spiro atoms. The molecule has 8 heteroatoms. The van der Waals surface area contributed by atoms with E-state index in [9.17, 15) is 4.79 Å². The maximum atomic E-state index is 12.7. The summed E-state index contributed by atoms with van der Waals surface area (Å²) in [6, 6.07) is -0.165. The topological polar surface area (TPSA) is 51.7 Å². The standard InChI is InChI=1S/C16H23Cl2N5O/c1-21-4-6-23(7-5-21)16(24)15-11-22(3-2-20-15)10-12-13(17)8-19-9-14(12)18/h8-9,15,20H,2-7,10-11H2,1H3/t15-/m1/s1. The average molecular weight is 372 g/mol. The van der Waals surface area contributed by atoms with Gasteiger partial charge in [0.25, 0.3) is 0 Å². The van der Waals surface area contributed by atoms with E-state index in [0.29, 0.717) is 23.1 Å². The molecule has 0 aliphatic carbocycles. The first-order valence-electron chi connectivity index (χ1n) is 8.25. The highest BCUT2D eigenvalue weighted by molar-refractivity contribution is 6.35. The second-order valence-corrected chi connectivity index (χ2v) is 7.27. The highest BCUT2D eigenvalue weighted by atomic mass is 35.5. The molecular formula is C16H23Cl2N5O. The van der Waals surface area contributed by atoms with Crippen LogP contribution in [0.4, 0.5) is 0 Å². The number of halogens is 2. The molecule has 1 atom stereocenters. The first-order valence-corrected chi connectivity index (χ1v) is 9.01. The van der Waals surface area contributed by atoms with E-state index >= 15 is 0 Å². The summed E-state index contributed by atoms with van der Waals surface area (Å²) >= 11 is 12.4. The van der Waals surface area contributed by atoms with Crippen LogP contribution in [0.3, 0.4) is 0 Å². The van der Waals surface area contributed by atoms with Crippen molar-refractivity contribution in [2.75, 3.05) is 52.9 Å². The number of likely N-dealkylation sites (N-methyl/N-ethyl adjacent to an activating group) is 1. The van der Waals surface area contributed by atoms with E-state index in [1.54, 1.807) is 12.4 Å². The summed E-state index contributed by atoms with van der Waals surface area (Å²) in [4.78, 5) is 23.2. The van der Waals surface area contributed by atoms with Gasteiger partial charge in [-0.1, -0.05) is 23.2 Å². The molecular weight excluding hydrogens is 349 g/mol. The Hall–Kier alpha value is -0.920. The first-order chi connectivity index (χ1) is 11.5. The fourth-order valence-electron chi connectivity index (χ4n) is 3.18. The van der Waals surface area contributed by atoms with Crippen molar-refractivity contribution in [1.29, 1.82) is 0 Å². The second kappa shape index (κ2) is 7.97. The lowest BCUT2D eigenvalue weighted by atomic mass is 10.1. The molecule has 2 fully saturated rings. The number of nitrogens with one attached hydrogen (secondary N) is 1. The normalized spacial score (nSPS) is 23.5. The Morgan fingerprint density at radius 1 is 1.21 bits per heavy atom. The van der Waals surface area contributed by atoms with Gasteiger partial charge in [0, 0.05) is 70.3 Å². The highest BCUT2D eigenvalue weighted by Gasteiger charge is 2.30. The number of carbonyl (C=O) groups excluding carboxylic acids is 1. The van der Waals surface area contributed by atoms with Crippen LogP contribution in [0.15, 0.2) is 12.4 Å². The fourth-order valence-corrected chi connectivity index (χ4v) is 3.66. The van der Waals surface area contributed by atoms with Crippen LogP contribution in [-0.4, -0.2) is 84.5 Å². The number of amides is 1. The number of aromatic nitrogens is 1. The smallest absolute Gasteiger partial charge is 0.241 e. The van der Waals surface area contributed by atoms with Crippen LogP contribution < -0.4 is 5.32 Å². The minimum atomic E-state index is -0.165. The van der Waals surface area contributed by atoms with Gasteiger partial charge in [-0.3, -0.25) is 14.7 Å². The number of pyridine rings is 1. The number of rotatable bonds is 3. The molecule has 24 heavy (non-hydrogen) atoms. The molecule has 2 saturated heterocycles. The lowest BCUT2D eigenvalue weighted by Crippen LogP contribution is -2.59. The minimum absolute atomic E-state index is 0.165. The maximum Gasteiger partial charge on any atom is 0.241 e. The lowest BCUT2D eigenvalue weighted by Gasteiger charge is -2.38. The largest absolute Gasteiger partial charge is 0.339 e. The van der Waals surface area contributed by atoms with Crippen molar-refractivity contribution < 1.29 is 4.79 Å². The van der Waals surface area contributed by atoms with E-state index in [1.165, 1.54) is 0 Å². The van der Waals surface area contributed by atoms with E-state index in [2.05, 4.69) is 27.1 Å². The molecule has 0 bridgehead atoms. The first kappa shape index (κ1) is 17.9. The Kier molecular flexibility index (Phi) is 5.94. The van der Waals surface area contributed by atoms with Crippen molar-refractivity contribution in [2.24, 2.45) is 0 Å². The van der Waals surface area contributed by atoms with Gasteiger partial charge in [-0.25, -0.2) is 0 Å². The number of hydrogen-bond donors (Lipinski definition) is 1. The van der Waals surface area contributed by atoms with Crippen LogP contribution in [0.2, 0.25) is 10.0 Å². The zero-order valence-corrected chi connectivity index (χ0v) is 15.4. The molecule has 0 radical (unpaired) electrons. The van der Waals surface area contributed by atoms with Gasteiger partial charge in [0.15, 0.2) is 0 Å². The monoisotopic (exact) mass is 371 g/mol. The number of nitrogens with zero attached hydrogens (tertiary/aromatic N) is 4. The van der Waals surface area contributed by atoms with E-state index in [-0.39, 0.29) is 11.9 Å². The summed E-state index contributed by atoms with van der Waals surface area (Å²) in [6.45, 7) is 6.42. The molecule has 1 aromatic rings. The molecule has 2 aliphatic rings. The Morgan fingerprint density at radius 2 is 1.88 bits per heavy atom. The van der Waals surface area contributed by atoms with Crippen molar-refractivity contribution in [3.63, 3.8) is 0 Å². The molecule has 3 heterocycles. The molecule has 1 aromatic heterocycles. The quantitative estimate of drug-likeness (QED) is 0.856. The molecule has 6 nitrogen and oxygen atoms in total. The van der Waals surface area contributed by atoms with Crippen molar-refractivity contribution in [1.82, 2.24) is 25.0 Å². The Balaban J connectivity index is 1.61. The van der Waals surface area contributed by atoms with Crippen LogP contribution in [0.5, 0.6) is 0 Å². The van der Waals surface area contributed by atoms with Crippen LogP contribution >= 0.6 is 23.2 Å². The van der Waals surface area contributed by atoms with E-state index in [4.69, 9.17) is 23.2 Å². The van der Waals surface area contributed by atoms with Gasteiger partial charge < -0.3 is 15.1 Å². The summed E-state index contributed by atoms with van der Waals surface area (Å²) in [6.07, 6.45) is 3.22. The second-order valence-electron chi connectivity index (χ2n) is 6.45. The van der Waals surface area contributed by atoms with Gasteiger partial charge in [0.05, 0.1) is 16.1 Å². The molecule has 1 N–H and O–H groups in total. The summed E-state index contributed by atoms with van der Waals surface area (Å²) in [5.41, 5.74) is 0.876. The molecule has 0 saturated carbocycles. The molecule has 1 amide bonds. The molecule has 2 aliphatic heterocycles. The third-order valence-electron chi connectivity index (χ3n) is 4.71. The molecule has 0 aromatic carbocycles. The summed E-state index contributed by atoms with van der Waals surface area (Å²) in [5, 5.41) is 4.49. The van der Waals surface area contributed by atoms with Gasteiger partial charge in [-0.2, -0.15) is 0 Å². The number of carbonyl (C=O) groups is 1. The van der Waals surface area contributed by atoms with Crippen LogP contribution in [0, 0.1) is 0 Å². The predicted octanol–water partition coefficient (Wildman–Crippen LogP) is 0.936. The average Bonchev–Trinajstić information content (AvgIpc) is 2.59. The van der Waals surface area contributed by atoms with Crippen LogP contribution in [0.1, 0.15) is 5.56 Å². The SMILES string of the molecule is CN1CCN(C(=O)[C@H]2CN(Cc3c(Cl)cncc3Cl)CCN2)CC1. The molecule has 132 valence electrons. The predicted molar refractivity (Wildman–Crippen MR) is 95.4 cm³/mol. The third kappa shape index (κ3) is 4.18. The lowest BCUT2D eigenvalue weighted by molar-refractivity contribution is -0.136. The van der Waals surface area contributed by atoms with E-state index < -0.39 is 0 Å². The zero-order valence-electron chi connectivity index (χ0n) is 13.8. The highest BCUT2D eigenvalue weighted by Crippen LogP contribution is 2.24. The van der Waals surface area contributed by atoms with Crippen molar-refractivity contribution >= 4 is 29.1 Å². The van der Waals surface area contributed by atoms with Crippen molar-refractivity contribution in [3.05, 3.63) is 28.0 Å². The summed E-state index contributed by atoms with van der Waals surface area (Å²) < 4.78 is 0. The van der Waals surface area contributed by atoms with Gasteiger partial charge in [-0.15, -0.1) is 0 Å². The van der Waals surface area contributed by atoms with Gasteiger partial charge in [0.1, 0.15) is 0 Å². The van der Waals surface area contributed by atoms with E-state index in [1.807, 2.05) is 4.90 Å². The van der Waals surface area contributed by atoms with Crippen LogP contribution in [-0.2, 0) is 11.3 Å². The van der Waals surface area contributed by atoms with Gasteiger partial charge >= 0.3 is 0 Å². The number of hydrogen-bond acceptors (Lipinski definition) is 5. The molecule has 0 unspecified atom stereocenters. The summed E-state index contributed by atoms with van der Waals surface area (Å²) in [7, 11) is 2.09. The van der Waals surface area contributed by atoms with Gasteiger partial charge in [-0.05, 0) is 7.05 Å². The summed E-state index contributed by atoms with van der Waals surface area (Å²) in [5.74, 6) is 0.194. The molecule has 3 rings (SSSR count). The van der Waals surface area contributed by atoms with Gasteiger partial charge in [0.2, 0.25) is 5.91 Å².